The van der Waals surface area contributed by atoms with Gasteiger partial charge >= 0.3 is 0 Å². The first-order chi connectivity index (χ1) is 8.56. The van der Waals surface area contributed by atoms with Gasteiger partial charge in [-0.15, -0.1) is 11.3 Å². The maximum absolute atomic E-state index is 11.1. The Morgan fingerprint density at radius 3 is 2.94 bits per heavy atom. The zero-order chi connectivity index (χ0) is 13.3. The Kier molecular flexibility index (Phi) is 3.58. The van der Waals surface area contributed by atoms with Gasteiger partial charge in [-0.25, -0.2) is 4.98 Å². The molecule has 0 aliphatic carbocycles. The summed E-state index contributed by atoms with van der Waals surface area (Å²) in [4.78, 5) is 16.0. The van der Waals surface area contributed by atoms with E-state index >= 15 is 0 Å². The molecule has 2 aromatic heterocycles. The first kappa shape index (κ1) is 12.9. The second kappa shape index (κ2) is 4.99. The van der Waals surface area contributed by atoms with Crippen molar-refractivity contribution >= 4 is 17.6 Å². The van der Waals surface area contributed by atoms with E-state index in [1.807, 2.05) is 13.8 Å². The molecule has 5 nitrogen and oxygen atoms in total. The normalized spacial score (nSPS) is 12.7. The van der Waals surface area contributed by atoms with Crippen molar-refractivity contribution in [1.82, 2.24) is 14.8 Å². The third-order valence-corrected chi connectivity index (χ3v) is 3.58. The van der Waals surface area contributed by atoms with Crippen molar-refractivity contribution in [2.24, 2.45) is 7.05 Å². The quantitative estimate of drug-likeness (QED) is 0.860. The molecule has 1 N–H and O–H groups in total. The van der Waals surface area contributed by atoms with Crippen LogP contribution >= 0.6 is 11.3 Å². The van der Waals surface area contributed by atoms with E-state index in [9.17, 15) is 9.90 Å². The van der Waals surface area contributed by atoms with Gasteiger partial charge in [0.2, 0.25) is 0 Å². The maximum atomic E-state index is 11.1. The van der Waals surface area contributed by atoms with Gasteiger partial charge < -0.3 is 5.11 Å². The smallest absolute Gasteiger partial charge is 0.162 e. The number of thiazole rings is 1. The molecule has 6 heteroatoms. The monoisotopic (exact) mass is 265 g/mol. The molecule has 1 unspecified atom stereocenters. The minimum absolute atomic E-state index is 0.573. The van der Waals surface area contributed by atoms with E-state index in [4.69, 9.17) is 0 Å². The van der Waals surface area contributed by atoms with Gasteiger partial charge in [-0.3, -0.25) is 9.48 Å². The molecule has 2 aromatic rings. The second-order valence-electron chi connectivity index (χ2n) is 4.09. The third-order valence-electron chi connectivity index (χ3n) is 2.68. The summed E-state index contributed by atoms with van der Waals surface area (Å²) in [6.07, 6.45) is 2.52. The van der Waals surface area contributed by atoms with Crippen LogP contribution in [0.2, 0.25) is 0 Å². The number of aliphatic hydroxyl groups excluding tert-OH is 1. The van der Waals surface area contributed by atoms with Crippen LogP contribution in [0.15, 0.2) is 6.20 Å². The van der Waals surface area contributed by atoms with Gasteiger partial charge in [0.15, 0.2) is 6.29 Å². The molecule has 2 rings (SSSR count). The van der Waals surface area contributed by atoms with Crippen LogP contribution in [-0.4, -0.2) is 26.2 Å². The van der Waals surface area contributed by atoms with Gasteiger partial charge in [-0.05, 0) is 13.3 Å². The molecule has 0 fully saturated rings. The van der Waals surface area contributed by atoms with Gasteiger partial charge in [0.1, 0.15) is 5.69 Å². The molecule has 18 heavy (non-hydrogen) atoms. The molecule has 0 aliphatic heterocycles. The predicted molar refractivity (Wildman–Crippen MR) is 69.7 cm³/mol. The Morgan fingerprint density at radius 1 is 1.61 bits per heavy atom. The van der Waals surface area contributed by atoms with Gasteiger partial charge in [0, 0.05) is 18.8 Å². The van der Waals surface area contributed by atoms with E-state index in [0.29, 0.717) is 22.7 Å². The minimum Gasteiger partial charge on any atom is -0.387 e. The van der Waals surface area contributed by atoms with Crippen molar-refractivity contribution in [3.63, 3.8) is 0 Å². The molecule has 0 spiro atoms. The molecule has 0 radical (unpaired) electrons. The second-order valence-corrected chi connectivity index (χ2v) is 5.32. The Bertz CT molecular complexity index is 574. The standard InChI is InChI=1S/C12H15N3O2S/c1-4-9(17)11-8(5-15(3)14-11)12-10(6-16)18-7(2)13-12/h5-6,9,17H,4H2,1-3H3. The molecule has 0 aliphatic rings. The highest BCUT2D eigenvalue weighted by Gasteiger charge is 2.21. The molecule has 0 amide bonds. The Morgan fingerprint density at radius 2 is 2.33 bits per heavy atom. The van der Waals surface area contributed by atoms with Gasteiger partial charge in [0.25, 0.3) is 0 Å². The molecule has 0 bridgehead atoms. The molecule has 1 atom stereocenters. The summed E-state index contributed by atoms with van der Waals surface area (Å²) in [7, 11) is 1.79. The van der Waals surface area contributed by atoms with E-state index in [0.717, 1.165) is 16.9 Å². The number of aryl methyl sites for hydroxylation is 2. The molecule has 0 saturated carbocycles. The maximum Gasteiger partial charge on any atom is 0.162 e. The topological polar surface area (TPSA) is 68.0 Å². The Balaban J connectivity index is 2.59. The van der Waals surface area contributed by atoms with E-state index in [-0.39, 0.29) is 0 Å². The lowest BCUT2D eigenvalue weighted by atomic mass is 10.1. The number of rotatable bonds is 4. The fourth-order valence-electron chi connectivity index (χ4n) is 1.84. The van der Waals surface area contributed by atoms with Crippen molar-refractivity contribution in [3.05, 3.63) is 21.8 Å². The van der Waals surface area contributed by atoms with Crippen LogP contribution in [0.25, 0.3) is 11.3 Å². The predicted octanol–water partition coefficient (Wildman–Crippen LogP) is 2.11. The zero-order valence-electron chi connectivity index (χ0n) is 10.5. The zero-order valence-corrected chi connectivity index (χ0v) is 11.4. The number of carbonyl (C=O) groups excluding carboxylic acids is 1. The summed E-state index contributed by atoms with van der Waals surface area (Å²) in [5, 5.41) is 15.1. The van der Waals surface area contributed by atoms with E-state index in [1.54, 1.807) is 17.9 Å². The average Bonchev–Trinajstić information content (AvgIpc) is 2.90. The van der Waals surface area contributed by atoms with E-state index in [2.05, 4.69) is 10.1 Å². The van der Waals surface area contributed by atoms with Crippen LogP contribution in [0, 0.1) is 6.92 Å². The van der Waals surface area contributed by atoms with Crippen LogP contribution < -0.4 is 0 Å². The lowest BCUT2D eigenvalue weighted by Gasteiger charge is -2.06. The summed E-state index contributed by atoms with van der Waals surface area (Å²) in [5.74, 6) is 0. The van der Waals surface area contributed by atoms with Gasteiger partial charge in [0.05, 0.1) is 21.7 Å². The number of aliphatic hydroxyl groups is 1. The highest BCUT2D eigenvalue weighted by molar-refractivity contribution is 7.13. The molecule has 2 heterocycles. The highest BCUT2D eigenvalue weighted by atomic mass is 32.1. The molecule has 0 saturated heterocycles. The van der Waals surface area contributed by atoms with Crippen molar-refractivity contribution in [2.45, 2.75) is 26.4 Å². The first-order valence-electron chi connectivity index (χ1n) is 5.71. The first-order valence-corrected chi connectivity index (χ1v) is 6.53. The lowest BCUT2D eigenvalue weighted by Crippen LogP contribution is -2.00. The number of nitrogens with zero attached hydrogens (tertiary/aromatic N) is 3. The third kappa shape index (κ3) is 2.21. The summed E-state index contributed by atoms with van der Waals surface area (Å²) in [6, 6.07) is 0. The van der Waals surface area contributed by atoms with Crippen molar-refractivity contribution in [3.8, 4) is 11.3 Å². The van der Waals surface area contributed by atoms with Crippen molar-refractivity contribution < 1.29 is 9.90 Å². The minimum atomic E-state index is -0.636. The van der Waals surface area contributed by atoms with Gasteiger partial charge in [-0.2, -0.15) is 5.10 Å². The number of hydrogen-bond acceptors (Lipinski definition) is 5. The summed E-state index contributed by atoms with van der Waals surface area (Å²) in [6.45, 7) is 3.74. The Hall–Kier alpha value is -1.53. The fraction of sp³-hybridized carbons (Fsp3) is 0.417. The van der Waals surface area contributed by atoms with Crippen LogP contribution in [-0.2, 0) is 7.05 Å². The fourth-order valence-corrected chi connectivity index (χ4v) is 2.60. The van der Waals surface area contributed by atoms with Crippen LogP contribution in [0.5, 0.6) is 0 Å². The number of aromatic nitrogens is 3. The molecule has 0 aromatic carbocycles. The van der Waals surface area contributed by atoms with Crippen LogP contribution in [0.1, 0.15) is 39.8 Å². The Labute approximate surface area is 109 Å². The van der Waals surface area contributed by atoms with E-state index in [1.165, 1.54) is 11.3 Å². The SMILES string of the molecule is CCC(O)c1nn(C)cc1-c1nc(C)sc1C=O. The largest absolute Gasteiger partial charge is 0.387 e. The van der Waals surface area contributed by atoms with Crippen LogP contribution in [0.3, 0.4) is 0 Å². The summed E-state index contributed by atoms with van der Waals surface area (Å²) < 4.78 is 1.63. The average molecular weight is 265 g/mol. The molecular weight excluding hydrogens is 250 g/mol. The van der Waals surface area contributed by atoms with E-state index < -0.39 is 6.10 Å². The number of hydrogen-bond donors (Lipinski definition) is 1. The number of carbonyl (C=O) groups is 1. The number of aldehydes is 1. The summed E-state index contributed by atoms with van der Waals surface area (Å²) in [5.41, 5.74) is 1.93. The molecule has 96 valence electrons. The lowest BCUT2D eigenvalue weighted by molar-refractivity contribution is 0.112. The van der Waals surface area contributed by atoms with Gasteiger partial charge in [-0.1, -0.05) is 6.92 Å². The van der Waals surface area contributed by atoms with Crippen LogP contribution in [0.4, 0.5) is 0 Å². The highest BCUT2D eigenvalue weighted by Crippen LogP contribution is 2.32. The van der Waals surface area contributed by atoms with Crippen molar-refractivity contribution in [2.75, 3.05) is 0 Å². The summed E-state index contributed by atoms with van der Waals surface area (Å²) >= 11 is 1.35. The van der Waals surface area contributed by atoms with Crippen molar-refractivity contribution in [1.29, 1.82) is 0 Å². The molecular formula is C12H15N3O2S.